The first-order chi connectivity index (χ1) is 11.8. The molecule has 0 aliphatic heterocycles. The van der Waals surface area contributed by atoms with Gasteiger partial charge in [-0.1, -0.05) is 55.0 Å². The Balaban J connectivity index is 2.21. The summed E-state index contributed by atoms with van der Waals surface area (Å²) in [6.45, 7) is 4.16. The Kier molecular flexibility index (Phi) is 6.20. The van der Waals surface area contributed by atoms with Gasteiger partial charge in [-0.3, -0.25) is 9.10 Å². The van der Waals surface area contributed by atoms with Crippen LogP contribution in [0.15, 0.2) is 54.6 Å². The van der Waals surface area contributed by atoms with Crippen molar-refractivity contribution in [3.8, 4) is 0 Å². The summed E-state index contributed by atoms with van der Waals surface area (Å²) in [7, 11) is -3.59. The van der Waals surface area contributed by atoms with E-state index in [-0.39, 0.29) is 5.91 Å². The smallest absolute Gasteiger partial charge is 0.244 e. The van der Waals surface area contributed by atoms with E-state index in [1.807, 2.05) is 37.3 Å². The fraction of sp³-hybridized carbons (Fsp3) is 0.316. The third-order valence-corrected chi connectivity index (χ3v) is 5.07. The van der Waals surface area contributed by atoms with Gasteiger partial charge in [-0.25, -0.2) is 8.42 Å². The average Bonchev–Trinajstić information content (AvgIpc) is 2.57. The van der Waals surface area contributed by atoms with Crippen LogP contribution in [0.4, 0.5) is 5.69 Å². The van der Waals surface area contributed by atoms with Crippen LogP contribution in [0, 0.1) is 6.92 Å². The zero-order chi connectivity index (χ0) is 18.4. The third kappa shape index (κ3) is 5.06. The lowest BCUT2D eigenvalue weighted by atomic mass is 10.1. The zero-order valence-electron chi connectivity index (χ0n) is 14.8. The second-order valence-electron chi connectivity index (χ2n) is 6.03. The maximum Gasteiger partial charge on any atom is 0.244 e. The van der Waals surface area contributed by atoms with E-state index in [0.29, 0.717) is 18.7 Å². The molecule has 0 aliphatic carbocycles. The standard InChI is InChI=1S/C19H24N2O3S/c1-4-18(19(22)20-14-16-10-8-9-15(2)13-16)21(25(3,23)24)17-11-6-5-7-12-17/h5-13,18H,4,14H2,1-3H3,(H,20,22)/t18-/m0/s1. The number of hydrogen-bond donors (Lipinski definition) is 1. The Labute approximate surface area is 149 Å². The van der Waals surface area contributed by atoms with Crippen molar-refractivity contribution in [2.45, 2.75) is 32.9 Å². The summed E-state index contributed by atoms with van der Waals surface area (Å²) in [5.41, 5.74) is 2.58. The molecular formula is C19H24N2O3S. The van der Waals surface area contributed by atoms with Gasteiger partial charge < -0.3 is 5.32 Å². The summed E-state index contributed by atoms with van der Waals surface area (Å²) in [6, 6.07) is 15.8. The first-order valence-electron chi connectivity index (χ1n) is 8.20. The molecule has 0 aliphatic rings. The molecule has 2 rings (SSSR count). The SMILES string of the molecule is CC[C@@H](C(=O)NCc1cccc(C)c1)N(c1ccccc1)S(C)(=O)=O. The molecule has 0 saturated carbocycles. The van der Waals surface area contributed by atoms with E-state index in [4.69, 9.17) is 0 Å². The normalized spacial score (nSPS) is 12.4. The van der Waals surface area contributed by atoms with Gasteiger partial charge in [0.2, 0.25) is 15.9 Å². The van der Waals surface area contributed by atoms with Crippen molar-refractivity contribution >= 4 is 21.6 Å². The molecule has 0 bridgehead atoms. The minimum Gasteiger partial charge on any atom is -0.350 e. The van der Waals surface area contributed by atoms with Gasteiger partial charge in [-0.05, 0) is 31.0 Å². The minimum atomic E-state index is -3.59. The highest BCUT2D eigenvalue weighted by Crippen LogP contribution is 2.22. The Hall–Kier alpha value is -2.34. The Morgan fingerprint density at radius 1 is 1.12 bits per heavy atom. The maximum atomic E-state index is 12.7. The number of nitrogens with zero attached hydrogens (tertiary/aromatic N) is 1. The third-order valence-electron chi connectivity index (χ3n) is 3.89. The Bertz CT molecular complexity index is 820. The number of carbonyl (C=O) groups is 1. The molecule has 1 atom stereocenters. The highest BCUT2D eigenvalue weighted by atomic mass is 32.2. The van der Waals surface area contributed by atoms with Gasteiger partial charge in [0.05, 0.1) is 11.9 Å². The number of benzene rings is 2. The molecule has 2 aromatic carbocycles. The first-order valence-corrected chi connectivity index (χ1v) is 10.1. The first kappa shape index (κ1) is 19.0. The van der Waals surface area contributed by atoms with Crippen LogP contribution in [-0.4, -0.2) is 26.6 Å². The van der Waals surface area contributed by atoms with Crippen LogP contribution < -0.4 is 9.62 Å². The van der Waals surface area contributed by atoms with Crippen molar-refractivity contribution in [2.24, 2.45) is 0 Å². The molecule has 0 unspecified atom stereocenters. The van der Waals surface area contributed by atoms with Crippen molar-refractivity contribution in [2.75, 3.05) is 10.6 Å². The minimum absolute atomic E-state index is 0.307. The zero-order valence-corrected chi connectivity index (χ0v) is 15.6. The van der Waals surface area contributed by atoms with Crippen LogP contribution in [0.3, 0.4) is 0 Å². The molecule has 1 amide bonds. The van der Waals surface area contributed by atoms with Crippen LogP contribution >= 0.6 is 0 Å². The average molecular weight is 360 g/mol. The number of rotatable bonds is 7. The van der Waals surface area contributed by atoms with E-state index in [9.17, 15) is 13.2 Å². The number of hydrogen-bond acceptors (Lipinski definition) is 3. The van der Waals surface area contributed by atoms with Crippen LogP contribution in [0.1, 0.15) is 24.5 Å². The molecule has 5 nitrogen and oxygen atoms in total. The van der Waals surface area contributed by atoms with Gasteiger partial charge in [-0.15, -0.1) is 0 Å². The number of nitrogens with one attached hydrogen (secondary N) is 1. The van der Waals surface area contributed by atoms with E-state index < -0.39 is 16.1 Å². The Morgan fingerprint density at radius 3 is 2.36 bits per heavy atom. The maximum absolute atomic E-state index is 12.7. The summed E-state index contributed by atoms with van der Waals surface area (Å²) < 4.78 is 25.8. The fourth-order valence-electron chi connectivity index (χ4n) is 2.76. The van der Waals surface area contributed by atoms with Gasteiger partial charge in [0.1, 0.15) is 6.04 Å². The van der Waals surface area contributed by atoms with E-state index in [0.717, 1.165) is 17.4 Å². The predicted octanol–water partition coefficient (Wildman–Crippen LogP) is 2.86. The summed E-state index contributed by atoms with van der Waals surface area (Å²) >= 11 is 0. The number of aryl methyl sites for hydroxylation is 1. The number of anilines is 1. The molecule has 2 aromatic rings. The largest absolute Gasteiger partial charge is 0.350 e. The monoisotopic (exact) mass is 360 g/mol. The topological polar surface area (TPSA) is 66.5 Å². The molecule has 6 heteroatoms. The van der Waals surface area contributed by atoms with Crippen molar-refractivity contribution in [1.82, 2.24) is 5.32 Å². The number of amides is 1. The molecule has 0 spiro atoms. The molecule has 0 saturated heterocycles. The van der Waals surface area contributed by atoms with Crippen LogP contribution in [0.2, 0.25) is 0 Å². The second-order valence-corrected chi connectivity index (χ2v) is 7.88. The van der Waals surface area contributed by atoms with E-state index in [1.165, 1.54) is 4.31 Å². The lowest BCUT2D eigenvalue weighted by Gasteiger charge is -2.30. The fourth-order valence-corrected chi connectivity index (χ4v) is 3.98. The molecule has 0 aromatic heterocycles. The molecule has 1 N–H and O–H groups in total. The number of carbonyl (C=O) groups excluding carboxylic acids is 1. The van der Waals surface area contributed by atoms with E-state index in [2.05, 4.69) is 5.32 Å². The highest BCUT2D eigenvalue weighted by Gasteiger charge is 2.31. The van der Waals surface area contributed by atoms with Crippen LogP contribution in [0.25, 0.3) is 0 Å². The molecular weight excluding hydrogens is 336 g/mol. The number of sulfonamides is 1. The molecule has 0 fully saturated rings. The van der Waals surface area contributed by atoms with Gasteiger partial charge in [0.25, 0.3) is 0 Å². The van der Waals surface area contributed by atoms with E-state index in [1.54, 1.807) is 31.2 Å². The molecule has 25 heavy (non-hydrogen) atoms. The van der Waals surface area contributed by atoms with Crippen molar-refractivity contribution < 1.29 is 13.2 Å². The molecule has 134 valence electrons. The summed E-state index contributed by atoms with van der Waals surface area (Å²) in [4.78, 5) is 12.7. The van der Waals surface area contributed by atoms with Crippen LogP contribution in [-0.2, 0) is 21.4 Å². The van der Waals surface area contributed by atoms with Gasteiger partial charge in [-0.2, -0.15) is 0 Å². The highest BCUT2D eigenvalue weighted by molar-refractivity contribution is 7.92. The molecule has 0 radical (unpaired) electrons. The van der Waals surface area contributed by atoms with Gasteiger partial charge >= 0.3 is 0 Å². The van der Waals surface area contributed by atoms with E-state index >= 15 is 0 Å². The lowest BCUT2D eigenvalue weighted by Crippen LogP contribution is -2.49. The lowest BCUT2D eigenvalue weighted by molar-refractivity contribution is -0.122. The summed E-state index contributed by atoms with van der Waals surface area (Å²) in [5, 5.41) is 2.85. The van der Waals surface area contributed by atoms with Crippen molar-refractivity contribution in [3.05, 3.63) is 65.7 Å². The quantitative estimate of drug-likeness (QED) is 0.826. The Morgan fingerprint density at radius 2 is 1.80 bits per heavy atom. The summed E-state index contributed by atoms with van der Waals surface area (Å²) in [6.07, 6.45) is 1.50. The molecule has 0 heterocycles. The van der Waals surface area contributed by atoms with Gasteiger partial charge in [0, 0.05) is 6.54 Å². The number of para-hydroxylation sites is 1. The van der Waals surface area contributed by atoms with Crippen molar-refractivity contribution in [1.29, 1.82) is 0 Å². The predicted molar refractivity (Wildman–Crippen MR) is 101 cm³/mol. The van der Waals surface area contributed by atoms with Crippen molar-refractivity contribution in [3.63, 3.8) is 0 Å². The van der Waals surface area contributed by atoms with Gasteiger partial charge in [0.15, 0.2) is 0 Å². The second kappa shape index (κ2) is 8.16. The summed E-state index contributed by atoms with van der Waals surface area (Å²) in [5.74, 6) is -0.307. The van der Waals surface area contributed by atoms with Crippen LogP contribution in [0.5, 0.6) is 0 Å².